The normalized spacial score (nSPS) is 11.7. The Labute approximate surface area is 121 Å². The lowest BCUT2D eigenvalue weighted by Gasteiger charge is -2.17. The first-order valence-electron chi connectivity index (χ1n) is 6.50. The zero-order valence-corrected chi connectivity index (χ0v) is 11.3. The molecule has 2 rings (SSSR count). The highest BCUT2D eigenvalue weighted by molar-refractivity contribution is 5.74. The molecule has 1 aromatic carbocycles. The highest BCUT2D eigenvalue weighted by atomic mass is 19.1. The summed E-state index contributed by atoms with van der Waals surface area (Å²) in [6, 6.07) is 10.9. The SMILES string of the molecule is O=C(NCc1ncccc1F)N[C@H](CO)c1ccccc1. The molecule has 3 N–H and O–H groups in total. The van der Waals surface area contributed by atoms with Crippen LogP contribution in [0, 0.1) is 5.82 Å². The molecule has 1 atom stereocenters. The molecule has 1 heterocycles. The number of rotatable bonds is 5. The highest BCUT2D eigenvalue weighted by Crippen LogP contribution is 2.11. The van der Waals surface area contributed by atoms with Gasteiger partial charge in [0.1, 0.15) is 5.82 Å². The van der Waals surface area contributed by atoms with Gasteiger partial charge < -0.3 is 15.7 Å². The van der Waals surface area contributed by atoms with Crippen molar-refractivity contribution in [1.29, 1.82) is 0 Å². The van der Waals surface area contributed by atoms with E-state index >= 15 is 0 Å². The first-order valence-corrected chi connectivity index (χ1v) is 6.50. The number of urea groups is 1. The smallest absolute Gasteiger partial charge is 0.315 e. The van der Waals surface area contributed by atoms with Crippen LogP contribution in [-0.4, -0.2) is 22.7 Å². The second-order valence-electron chi connectivity index (χ2n) is 4.40. The fraction of sp³-hybridized carbons (Fsp3) is 0.200. The summed E-state index contributed by atoms with van der Waals surface area (Å²) in [5.41, 5.74) is 0.951. The second-order valence-corrected chi connectivity index (χ2v) is 4.40. The van der Waals surface area contributed by atoms with Crippen LogP contribution in [0.4, 0.5) is 9.18 Å². The largest absolute Gasteiger partial charge is 0.394 e. The minimum Gasteiger partial charge on any atom is -0.394 e. The molecule has 5 nitrogen and oxygen atoms in total. The van der Waals surface area contributed by atoms with Crippen LogP contribution in [-0.2, 0) is 6.54 Å². The maximum Gasteiger partial charge on any atom is 0.315 e. The molecule has 0 radical (unpaired) electrons. The van der Waals surface area contributed by atoms with Gasteiger partial charge in [-0.05, 0) is 17.7 Å². The van der Waals surface area contributed by atoms with E-state index in [1.54, 1.807) is 12.1 Å². The third-order valence-corrected chi connectivity index (χ3v) is 2.94. The number of aromatic nitrogens is 1. The maximum atomic E-state index is 13.4. The third kappa shape index (κ3) is 4.25. The number of hydrogen-bond donors (Lipinski definition) is 3. The molecule has 0 aliphatic carbocycles. The van der Waals surface area contributed by atoms with Gasteiger partial charge in [-0.25, -0.2) is 9.18 Å². The van der Waals surface area contributed by atoms with Gasteiger partial charge in [-0.15, -0.1) is 0 Å². The maximum absolute atomic E-state index is 13.4. The Kier molecular flexibility index (Phi) is 5.22. The summed E-state index contributed by atoms with van der Waals surface area (Å²) in [6.45, 7) is -0.249. The Morgan fingerprint density at radius 2 is 2.00 bits per heavy atom. The lowest BCUT2D eigenvalue weighted by molar-refractivity contribution is 0.216. The first kappa shape index (κ1) is 14.9. The van der Waals surface area contributed by atoms with Gasteiger partial charge in [0.25, 0.3) is 0 Å². The molecule has 0 bridgehead atoms. The van der Waals surface area contributed by atoms with Crippen molar-refractivity contribution in [1.82, 2.24) is 15.6 Å². The zero-order chi connectivity index (χ0) is 15.1. The van der Waals surface area contributed by atoms with Gasteiger partial charge in [0.2, 0.25) is 0 Å². The quantitative estimate of drug-likeness (QED) is 0.785. The van der Waals surface area contributed by atoms with Crippen LogP contribution in [0.25, 0.3) is 0 Å². The Balaban J connectivity index is 1.90. The predicted octanol–water partition coefficient (Wildman–Crippen LogP) is 1.75. The van der Waals surface area contributed by atoms with E-state index in [4.69, 9.17) is 0 Å². The van der Waals surface area contributed by atoms with E-state index in [0.717, 1.165) is 5.56 Å². The lowest BCUT2D eigenvalue weighted by atomic mass is 10.1. The van der Waals surface area contributed by atoms with Gasteiger partial charge in [0.15, 0.2) is 0 Å². The summed E-state index contributed by atoms with van der Waals surface area (Å²) in [5, 5.41) is 14.5. The number of aliphatic hydroxyl groups is 1. The fourth-order valence-corrected chi connectivity index (χ4v) is 1.84. The molecule has 0 saturated heterocycles. The van der Waals surface area contributed by atoms with Gasteiger partial charge in [-0.2, -0.15) is 0 Å². The van der Waals surface area contributed by atoms with Crippen molar-refractivity contribution in [2.24, 2.45) is 0 Å². The number of benzene rings is 1. The topological polar surface area (TPSA) is 74.2 Å². The van der Waals surface area contributed by atoms with E-state index in [-0.39, 0.29) is 18.8 Å². The van der Waals surface area contributed by atoms with Crippen molar-refractivity contribution in [2.45, 2.75) is 12.6 Å². The van der Waals surface area contributed by atoms with Crippen LogP contribution in [0.1, 0.15) is 17.3 Å². The summed E-state index contributed by atoms with van der Waals surface area (Å²) in [5.74, 6) is -0.473. The summed E-state index contributed by atoms with van der Waals surface area (Å²) in [7, 11) is 0. The van der Waals surface area contributed by atoms with E-state index in [2.05, 4.69) is 15.6 Å². The highest BCUT2D eigenvalue weighted by Gasteiger charge is 2.13. The van der Waals surface area contributed by atoms with Crippen LogP contribution in [0.3, 0.4) is 0 Å². The number of carbonyl (C=O) groups is 1. The molecule has 2 amide bonds. The van der Waals surface area contributed by atoms with Crippen molar-refractivity contribution in [2.75, 3.05) is 6.61 Å². The van der Waals surface area contributed by atoms with E-state index in [1.165, 1.54) is 18.3 Å². The van der Waals surface area contributed by atoms with Crippen molar-refractivity contribution in [3.63, 3.8) is 0 Å². The standard InChI is InChI=1S/C15H16FN3O2/c16-12-7-4-8-17-13(12)9-18-15(21)19-14(10-20)11-5-2-1-3-6-11/h1-8,14,20H,9-10H2,(H2,18,19,21)/t14-/m1/s1. The van der Waals surface area contributed by atoms with Crippen LogP contribution in [0.5, 0.6) is 0 Å². The number of carbonyl (C=O) groups excluding carboxylic acids is 1. The van der Waals surface area contributed by atoms with Gasteiger partial charge >= 0.3 is 6.03 Å². The molecule has 0 aliphatic heterocycles. The van der Waals surface area contributed by atoms with Gasteiger partial charge in [-0.3, -0.25) is 4.98 Å². The molecule has 21 heavy (non-hydrogen) atoms. The molecule has 0 saturated carbocycles. The Bertz CT molecular complexity index is 592. The Morgan fingerprint density at radius 3 is 2.67 bits per heavy atom. The molecular formula is C15H16FN3O2. The number of nitrogens with zero attached hydrogens (tertiary/aromatic N) is 1. The molecule has 2 aromatic rings. The Morgan fingerprint density at radius 1 is 1.24 bits per heavy atom. The summed E-state index contributed by atoms with van der Waals surface area (Å²) in [6.07, 6.45) is 1.46. The van der Waals surface area contributed by atoms with Gasteiger partial charge in [0, 0.05) is 6.20 Å². The van der Waals surface area contributed by atoms with E-state index in [9.17, 15) is 14.3 Å². The van der Waals surface area contributed by atoms with Crippen LogP contribution < -0.4 is 10.6 Å². The summed E-state index contributed by atoms with van der Waals surface area (Å²) in [4.78, 5) is 15.6. The van der Waals surface area contributed by atoms with Gasteiger partial charge in [0.05, 0.1) is 24.9 Å². The van der Waals surface area contributed by atoms with Crippen LogP contribution in [0.2, 0.25) is 0 Å². The molecule has 0 spiro atoms. The molecule has 110 valence electrons. The molecule has 1 aromatic heterocycles. The predicted molar refractivity (Wildman–Crippen MR) is 75.8 cm³/mol. The number of nitrogens with one attached hydrogen (secondary N) is 2. The average molecular weight is 289 g/mol. The van der Waals surface area contributed by atoms with E-state index in [0.29, 0.717) is 0 Å². The molecular weight excluding hydrogens is 273 g/mol. The monoisotopic (exact) mass is 289 g/mol. The van der Waals surface area contributed by atoms with Crippen molar-refractivity contribution < 1.29 is 14.3 Å². The number of amides is 2. The van der Waals surface area contributed by atoms with Crippen LogP contribution >= 0.6 is 0 Å². The number of aliphatic hydroxyl groups excluding tert-OH is 1. The first-order chi connectivity index (χ1) is 10.2. The third-order valence-electron chi connectivity index (χ3n) is 2.94. The molecule has 6 heteroatoms. The summed E-state index contributed by atoms with van der Waals surface area (Å²) >= 11 is 0. The fourth-order valence-electron chi connectivity index (χ4n) is 1.84. The minimum atomic E-state index is -0.514. The second kappa shape index (κ2) is 7.35. The van der Waals surface area contributed by atoms with Crippen molar-refractivity contribution >= 4 is 6.03 Å². The van der Waals surface area contributed by atoms with E-state index in [1.807, 2.05) is 18.2 Å². The number of halogens is 1. The van der Waals surface area contributed by atoms with Gasteiger partial charge in [-0.1, -0.05) is 30.3 Å². The number of hydrogen-bond acceptors (Lipinski definition) is 3. The minimum absolute atomic E-state index is 0.0224. The van der Waals surface area contributed by atoms with Crippen molar-refractivity contribution in [3.8, 4) is 0 Å². The molecule has 0 aliphatic rings. The van der Waals surface area contributed by atoms with E-state index < -0.39 is 17.9 Å². The molecule has 0 unspecified atom stereocenters. The lowest BCUT2D eigenvalue weighted by Crippen LogP contribution is -2.39. The van der Waals surface area contributed by atoms with Crippen molar-refractivity contribution in [3.05, 3.63) is 65.7 Å². The number of pyridine rings is 1. The zero-order valence-electron chi connectivity index (χ0n) is 11.3. The Hall–Kier alpha value is -2.47. The van der Waals surface area contributed by atoms with Crippen LogP contribution in [0.15, 0.2) is 48.7 Å². The average Bonchev–Trinajstić information content (AvgIpc) is 2.52. The summed E-state index contributed by atoms with van der Waals surface area (Å²) < 4.78 is 13.4. The molecule has 0 fully saturated rings.